The molecular formula is C18H18N2O6. The third kappa shape index (κ3) is 4.91. The van der Waals surface area contributed by atoms with Crippen molar-refractivity contribution >= 4 is 17.9 Å². The number of nitrogens with one attached hydrogen (secondary N) is 1. The number of benzene rings is 2. The number of rotatable bonds is 6. The predicted octanol–water partition coefficient (Wildman–Crippen LogP) is 0.735. The molecule has 26 heavy (non-hydrogen) atoms. The standard InChI is InChI=1S/C18H18N2O6/c19-18(26)12(7-11-2-5-14(22)16(24)9-11)20-17(25)6-3-10-1-4-13(21)15(23)8-10/h1-6,8-9,12,21-24H,7H2,(H2,19,26)(H,20,25)/b6-3+. The van der Waals surface area contributed by atoms with Crippen molar-refractivity contribution in [3.05, 3.63) is 53.6 Å². The monoisotopic (exact) mass is 358 g/mol. The van der Waals surface area contributed by atoms with Gasteiger partial charge >= 0.3 is 0 Å². The quantitative estimate of drug-likeness (QED) is 0.331. The van der Waals surface area contributed by atoms with E-state index in [4.69, 9.17) is 5.73 Å². The van der Waals surface area contributed by atoms with Gasteiger partial charge in [-0.1, -0.05) is 12.1 Å². The zero-order chi connectivity index (χ0) is 19.3. The van der Waals surface area contributed by atoms with Gasteiger partial charge in [-0.15, -0.1) is 0 Å². The van der Waals surface area contributed by atoms with E-state index < -0.39 is 17.9 Å². The van der Waals surface area contributed by atoms with Gasteiger partial charge in [-0.05, 0) is 41.5 Å². The molecule has 0 aliphatic rings. The Morgan fingerprint density at radius 1 is 0.962 bits per heavy atom. The minimum absolute atomic E-state index is 0.0305. The van der Waals surface area contributed by atoms with Crippen molar-refractivity contribution in [3.8, 4) is 23.0 Å². The number of nitrogens with two attached hydrogens (primary N) is 1. The highest BCUT2D eigenvalue weighted by Crippen LogP contribution is 2.26. The van der Waals surface area contributed by atoms with Crippen LogP contribution in [0.15, 0.2) is 42.5 Å². The number of primary amides is 1. The normalized spacial score (nSPS) is 12.0. The summed E-state index contributed by atoms with van der Waals surface area (Å²) in [4.78, 5) is 23.5. The Balaban J connectivity index is 2.05. The van der Waals surface area contributed by atoms with Gasteiger partial charge in [0.1, 0.15) is 6.04 Å². The van der Waals surface area contributed by atoms with Crippen LogP contribution in [-0.4, -0.2) is 38.3 Å². The van der Waals surface area contributed by atoms with Gasteiger partial charge in [0.05, 0.1) is 0 Å². The molecule has 0 radical (unpaired) electrons. The molecule has 2 rings (SSSR count). The maximum atomic E-state index is 12.0. The molecule has 0 saturated carbocycles. The molecule has 0 heterocycles. The molecule has 0 bridgehead atoms. The van der Waals surface area contributed by atoms with Gasteiger partial charge in [-0.25, -0.2) is 0 Å². The Hall–Kier alpha value is -3.68. The maximum Gasteiger partial charge on any atom is 0.244 e. The first kappa shape index (κ1) is 18.7. The molecule has 8 nitrogen and oxygen atoms in total. The van der Waals surface area contributed by atoms with Crippen LogP contribution in [0.25, 0.3) is 6.08 Å². The highest BCUT2D eigenvalue weighted by atomic mass is 16.3. The Morgan fingerprint density at radius 2 is 1.58 bits per heavy atom. The lowest BCUT2D eigenvalue weighted by molar-refractivity contribution is -0.124. The largest absolute Gasteiger partial charge is 0.504 e. The summed E-state index contributed by atoms with van der Waals surface area (Å²) in [7, 11) is 0. The fraction of sp³-hybridized carbons (Fsp3) is 0.111. The third-order valence-electron chi connectivity index (χ3n) is 3.57. The van der Waals surface area contributed by atoms with Crippen LogP contribution in [0.1, 0.15) is 11.1 Å². The average molecular weight is 358 g/mol. The van der Waals surface area contributed by atoms with Crippen molar-refractivity contribution in [1.29, 1.82) is 0 Å². The Bertz CT molecular complexity index is 863. The van der Waals surface area contributed by atoms with Crippen molar-refractivity contribution in [2.24, 2.45) is 5.73 Å². The molecule has 1 atom stereocenters. The molecule has 2 aromatic rings. The maximum absolute atomic E-state index is 12.0. The number of amides is 2. The van der Waals surface area contributed by atoms with E-state index in [-0.39, 0.29) is 29.4 Å². The number of carbonyl (C=O) groups is 2. The van der Waals surface area contributed by atoms with Gasteiger partial charge < -0.3 is 31.5 Å². The average Bonchev–Trinajstić information content (AvgIpc) is 2.58. The van der Waals surface area contributed by atoms with Crippen molar-refractivity contribution < 1.29 is 30.0 Å². The number of phenolic OH excluding ortho intramolecular Hbond substituents is 4. The van der Waals surface area contributed by atoms with Crippen LogP contribution in [-0.2, 0) is 16.0 Å². The van der Waals surface area contributed by atoms with Crippen molar-refractivity contribution in [1.82, 2.24) is 5.32 Å². The Labute approximate surface area is 148 Å². The number of hydrogen-bond acceptors (Lipinski definition) is 6. The van der Waals surface area contributed by atoms with Crippen molar-refractivity contribution in [3.63, 3.8) is 0 Å². The molecule has 0 spiro atoms. The fourth-order valence-electron chi connectivity index (χ4n) is 2.19. The molecule has 0 aliphatic carbocycles. The number of hydrogen-bond donors (Lipinski definition) is 6. The summed E-state index contributed by atoms with van der Waals surface area (Å²) < 4.78 is 0. The van der Waals surface area contributed by atoms with E-state index in [1.807, 2.05) is 0 Å². The molecule has 1 unspecified atom stereocenters. The van der Waals surface area contributed by atoms with Gasteiger partial charge in [0.15, 0.2) is 23.0 Å². The minimum atomic E-state index is -1.02. The van der Waals surface area contributed by atoms with Gasteiger partial charge in [0.25, 0.3) is 0 Å². The van der Waals surface area contributed by atoms with Gasteiger partial charge in [-0.3, -0.25) is 9.59 Å². The SMILES string of the molecule is NC(=O)C(Cc1ccc(O)c(O)c1)NC(=O)/C=C/c1ccc(O)c(O)c1. The van der Waals surface area contributed by atoms with Crippen LogP contribution >= 0.6 is 0 Å². The highest BCUT2D eigenvalue weighted by Gasteiger charge is 2.18. The molecule has 2 amide bonds. The first-order valence-corrected chi connectivity index (χ1v) is 7.57. The lowest BCUT2D eigenvalue weighted by Crippen LogP contribution is -2.45. The summed E-state index contributed by atoms with van der Waals surface area (Å²) in [6, 6.07) is 7.04. The minimum Gasteiger partial charge on any atom is -0.504 e. The summed E-state index contributed by atoms with van der Waals surface area (Å²) in [6.07, 6.45) is 2.57. The highest BCUT2D eigenvalue weighted by molar-refractivity contribution is 5.95. The summed E-state index contributed by atoms with van der Waals surface area (Å²) in [5.41, 5.74) is 6.26. The van der Waals surface area contributed by atoms with Gasteiger partial charge in [0.2, 0.25) is 11.8 Å². The zero-order valence-electron chi connectivity index (χ0n) is 13.6. The van der Waals surface area contributed by atoms with Crippen LogP contribution in [0.5, 0.6) is 23.0 Å². The van der Waals surface area contributed by atoms with E-state index in [1.165, 1.54) is 42.5 Å². The van der Waals surface area contributed by atoms with Crippen LogP contribution in [0, 0.1) is 0 Å². The second-order valence-corrected chi connectivity index (χ2v) is 5.57. The Morgan fingerprint density at radius 3 is 2.15 bits per heavy atom. The summed E-state index contributed by atoms with van der Waals surface area (Å²) >= 11 is 0. The van der Waals surface area contributed by atoms with Crippen LogP contribution < -0.4 is 11.1 Å². The molecule has 7 N–H and O–H groups in total. The molecule has 8 heteroatoms. The van der Waals surface area contributed by atoms with Crippen LogP contribution in [0.4, 0.5) is 0 Å². The molecule has 0 aliphatic heterocycles. The summed E-state index contributed by atoms with van der Waals surface area (Å²) in [5.74, 6) is -2.60. The lowest BCUT2D eigenvalue weighted by atomic mass is 10.0. The molecule has 0 aromatic heterocycles. The third-order valence-corrected chi connectivity index (χ3v) is 3.57. The molecule has 0 fully saturated rings. The van der Waals surface area contributed by atoms with Crippen molar-refractivity contribution in [2.75, 3.05) is 0 Å². The van der Waals surface area contributed by atoms with E-state index in [1.54, 1.807) is 0 Å². The number of carbonyl (C=O) groups excluding carboxylic acids is 2. The van der Waals surface area contributed by atoms with Crippen molar-refractivity contribution in [2.45, 2.75) is 12.5 Å². The first-order valence-electron chi connectivity index (χ1n) is 7.57. The van der Waals surface area contributed by atoms with E-state index in [2.05, 4.69) is 5.32 Å². The van der Waals surface area contributed by atoms with E-state index in [0.717, 1.165) is 6.08 Å². The summed E-state index contributed by atoms with van der Waals surface area (Å²) in [6.45, 7) is 0. The van der Waals surface area contributed by atoms with Gasteiger partial charge in [-0.2, -0.15) is 0 Å². The van der Waals surface area contributed by atoms with Crippen LogP contribution in [0.3, 0.4) is 0 Å². The molecular weight excluding hydrogens is 340 g/mol. The second-order valence-electron chi connectivity index (χ2n) is 5.57. The van der Waals surface area contributed by atoms with Crippen LogP contribution in [0.2, 0.25) is 0 Å². The Kier molecular flexibility index (Phi) is 5.69. The zero-order valence-corrected chi connectivity index (χ0v) is 13.6. The predicted molar refractivity (Wildman–Crippen MR) is 93.4 cm³/mol. The van der Waals surface area contributed by atoms with E-state index in [0.29, 0.717) is 11.1 Å². The number of aromatic hydroxyl groups is 4. The first-order chi connectivity index (χ1) is 12.3. The molecule has 0 saturated heterocycles. The molecule has 136 valence electrons. The number of phenols is 4. The summed E-state index contributed by atoms with van der Waals surface area (Å²) in [5, 5.41) is 39.9. The fourth-order valence-corrected chi connectivity index (χ4v) is 2.19. The smallest absolute Gasteiger partial charge is 0.244 e. The van der Waals surface area contributed by atoms with E-state index in [9.17, 15) is 30.0 Å². The molecule has 2 aromatic carbocycles. The second kappa shape index (κ2) is 7.93. The lowest BCUT2D eigenvalue weighted by Gasteiger charge is -2.14. The van der Waals surface area contributed by atoms with Gasteiger partial charge in [0, 0.05) is 12.5 Å². The topological polar surface area (TPSA) is 153 Å². The van der Waals surface area contributed by atoms with E-state index >= 15 is 0 Å².